The van der Waals surface area contributed by atoms with Crippen molar-refractivity contribution in [3.8, 4) is 0 Å². The lowest BCUT2D eigenvalue weighted by Gasteiger charge is -2.22. The largest absolute Gasteiger partial charge is 0.358 e. The molecular formula is C16H19N3S. The number of allylic oxidation sites excluding steroid dienone is 1. The highest BCUT2D eigenvalue weighted by atomic mass is 32.2. The Labute approximate surface area is 124 Å². The molecular weight excluding hydrogens is 266 g/mol. The smallest absolute Gasteiger partial charge is 0.157 e. The van der Waals surface area contributed by atoms with E-state index in [1.54, 1.807) is 0 Å². The van der Waals surface area contributed by atoms with E-state index in [-0.39, 0.29) is 0 Å². The van der Waals surface area contributed by atoms with Crippen LogP contribution in [0, 0.1) is 0 Å². The third kappa shape index (κ3) is 3.51. The Bertz CT molecular complexity index is 534. The van der Waals surface area contributed by atoms with Gasteiger partial charge in [-0.15, -0.1) is 0 Å². The minimum atomic E-state index is 0.304. The zero-order chi connectivity index (χ0) is 13.6. The Kier molecular flexibility index (Phi) is 4.53. The van der Waals surface area contributed by atoms with E-state index in [1.807, 2.05) is 18.0 Å². The minimum absolute atomic E-state index is 0.304. The zero-order valence-electron chi connectivity index (χ0n) is 11.5. The summed E-state index contributed by atoms with van der Waals surface area (Å²) < 4.78 is 0. The van der Waals surface area contributed by atoms with Crippen LogP contribution in [0.3, 0.4) is 0 Å². The number of dihydropyridines is 1. The molecule has 3 nitrogen and oxygen atoms in total. The number of benzene rings is 1. The highest BCUT2D eigenvalue weighted by Gasteiger charge is 2.17. The average molecular weight is 285 g/mol. The van der Waals surface area contributed by atoms with Crippen molar-refractivity contribution < 1.29 is 0 Å². The third-order valence-electron chi connectivity index (χ3n) is 3.53. The van der Waals surface area contributed by atoms with Crippen molar-refractivity contribution in [2.45, 2.75) is 18.9 Å². The third-order valence-corrected chi connectivity index (χ3v) is 4.44. The van der Waals surface area contributed by atoms with E-state index in [2.05, 4.69) is 51.7 Å². The summed E-state index contributed by atoms with van der Waals surface area (Å²) in [5, 5.41) is 4.69. The SMILES string of the molecule is C1=NCCC(CC(NC2=NCCS2)c2ccccc2)=C1. The summed E-state index contributed by atoms with van der Waals surface area (Å²) in [5.74, 6) is 1.10. The highest BCUT2D eigenvalue weighted by Crippen LogP contribution is 2.25. The molecule has 1 unspecified atom stereocenters. The van der Waals surface area contributed by atoms with Crippen molar-refractivity contribution in [3.63, 3.8) is 0 Å². The Morgan fingerprint density at radius 3 is 2.80 bits per heavy atom. The van der Waals surface area contributed by atoms with Gasteiger partial charge in [-0.2, -0.15) is 0 Å². The highest BCUT2D eigenvalue weighted by molar-refractivity contribution is 8.14. The fourth-order valence-corrected chi connectivity index (χ4v) is 3.25. The van der Waals surface area contributed by atoms with Crippen molar-refractivity contribution in [2.75, 3.05) is 18.8 Å². The van der Waals surface area contributed by atoms with E-state index in [1.165, 1.54) is 11.1 Å². The summed E-state index contributed by atoms with van der Waals surface area (Å²) in [6.07, 6.45) is 6.18. The van der Waals surface area contributed by atoms with Crippen molar-refractivity contribution in [3.05, 3.63) is 47.5 Å². The lowest BCUT2D eigenvalue weighted by atomic mass is 9.96. The molecule has 2 heterocycles. The van der Waals surface area contributed by atoms with Gasteiger partial charge < -0.3 is 5.32 Å². The second-order valence-electron chi connectivity index (χ2n) is 4.98. The van der Waals surface area contributed by atoms with Gasteiger partial charge in [-0.3, -0.25) is 9.98 Å². The Morgan fingerprint density at radius 2 is 2.10 bits per heavy atom. The molecule has 0 aliphatic carbocycles. The molecule has 0 saturated carbocycles. The lowest BCUT2D eigenvalue weighted by Crippen LogP contribution is -2.26. The standard InChI is InChI=1S/C16H19N3S/c1-2-4-14(5-3-1)15(19-16-18-10-11-20-16)12-13-6-8-17-9-7-13/h1-6,8,15H,7,9-12H2,(H,18,19). The number of hydrogen-bond donors (Lipinski definition) is 1. The molecule has 0 saturated heterocycles. The van der Waals surface area contributed by atoms with Crippen LogP contribution >= 0.6 is 11.8 Å². The van der Waals surface area contributed by atoms with Crippen LogP contribution < -0.4 is 5.32 Å². The Balaban J connectivity index is 1.75. The number of hydrogen-bond acceptors (Lipinski definition) is 4. The van der Waals surface area contributed by atoms with Gasteiger partial charge in [-0.25, -0.2) is 0 Å². The normalized spacial score (nSPS) is 19.4. The molecule has 1 aromatic rings. The summed E-state index contributed by atoms with van der Waals surface area (Å²) in [6, 6.07) is 11.0. The molecule has 0 bridgehead atoms. The molecule has 0 amide bonds. The quantitative estimate of drug-likeness (QED) is 0.922. The maximum absolute atomic E-state index is 4.52. The van der Waals surface area contributed by atoms with Gasteiger partial charge >= 0.3 is 0 Å². The second kappa shape index (κ2) is 6.75. The van der Waals surface area contributed by atoms with Gasteiger partial charge in [0, 0.05) is 18.5 Å². The molecule has 3 rings (SSSR count). The van der Waals surface area contributed by atoms with Crippen LogP contribution in [-0.4, -0.2) is 30.2 Å². The van der Waals surface area contributed by atoms with Gasteiger partial charge in [0.05, 0.1) is 12.6 Å². The number of rotatable bonds is 4. The van der Waals surface area contributed by atoms with Gasteiger partial charge in [0.15, 0.2) is 5.17 Å². The van der Waals surface area contributed by atoms with Crippen LogP contribution in [-0.2, 0) is 0 Å². The first-order valence-electron chi connectivity index (χ1n) is 7.08. The van der Waals surface area contributed by atoms with Gasteiger partial charge in [-0.1, -0.05) is 47.7 Å². The summed E-state index contributed by atoms with van der Waals surface area (Å²) in [4.78, 5) is 8.78. The molecule has 0 radical (unpaired) electrons. The molecule has 20 heavy (non-hydrogen) atoms. The molecule has 4 heteroatoms. The summed E-state index contributed by atoms with van der Waals surface area (Å²) in [7, 11) is 0. The number of thioether (sulfide) groups is 1. The van der Waals surface area contributed by atoms with Gasteiger partial charge in [0.2, 0.25) is 0 Å². The van der Waals surface area contributed by atoms with Crippen molar-refractivity contribution >= 4 is 23.1 Å². The van der Waals surface area contributed by atoms with E-state index in [0.717, 1.165) is 36.9 Å². The van der Waals surface area contributed by atoms with Crippen molar-refractivity contribution in [1.82, 2.24) is 5.32 Å². The summed E-state index contributed by atoms with van der Waals surface area (Å²) >= 11 is 1.82. The van der Waals surface area contributed by atoms with E-state index < -0.39 is 0 Å². The van der Waals surface area contributed by atoms with Gasteiger partial charge in [0.25, 0.3) is 0 Å². The second-order valence-corrected chi connectivity index (χ2v) is 6.06. The van der Waals surface area contributed by atoms with Crippen molar-refractivity contribution in [2.24, 2.45) is 9.98 Å². The van der Waals surface area contributed by atoms with Crippen LogP contribution in [0.5, 0.6) is 0 Å². The van der Waals surface area contributed by atoms with Gasteiger partial charge in [0.1, 0.15) is 0 Å². The zero-order valence-corrected chi connectivity index (χ0v) is 12.3. The first kappa shape index (κ1) is 13.4. The maximum Gasteiger partial charge on any atom is 0.157 e. The lowest BCUT2D eigenvalue weighted by molar-refractivity contribution is 0.628. The van der Waals surface area contributed by atoms with E-state index in [0.29, 0.717) is 6.04 Å². The molecule has 1 N–H and O–H groups in total. The first-order chi connectivity index (χ1) is 9.92. The average Bonchev–Trinajstić information content (AvgIpc) is 3.02. The Morgan fingerprint density at radius 1 is 1.20 bits per heavy atom. The molecule has 104 valence electrons. The van der Waals surface area contributed by atoms with Gasteiger partial charge in [-0.05, 0) is 24.5 Å². The van der Waals surface area contributed by atoms with Crippen LogP contribution in [0.4, 0.5) is 0 Å². The Hall–Kier alpha value is -1.55. The van der Waals surface area contributed by atoms with Crippen LogP contribution in [0.25, 0.3) is 0 Å². The first-order valence-corrected chi connectivity index (χ1v) is 8.07. The maximum atomic E-state index is 4.52. The number of nitrogens with zero attached hydrogens (tertiary/aromatic N) is 2. The summed E-state index contributed by atoms with van der Waals surface area (Å²) in [6.45, 7) is 1.85. The van der Waals surface area contributed by atoms with Crippen LogP contribution in [0.15, 0.2) is 52.0 Å². The van der Waals surface area contributed by atoms with E-state index >= 15 is 0 Å². The summed E-state index contributed by atoms with van der Waals surface area (Å²) in [5.41, 5.74) is 2.79. The fourth-order valence-electron chi connectivity index (χ4n) is 2.47. The predicted molar refractivity (Wildman–Crippen MR) is 87.8 cm³/mol. The van der Waals surface area contributed by atoms with Crippen molar-refractivity contribution in [1.29, 1.82) is 0 Å². The minimum Gasteiger partial charge on any atom is -0.358 e. The van der Waals surface area contributed by atoms with E-state index in [9.17, 15) is 0 Å². The monoisotopic (exact) mass is 285 g/mol. The molecule has 0 aromatic heterocycles. The number of nitrogens with one attached hydrogen (secondary N) is 1. The number of aliphatic imine (C=N–C) groups is 2. The van der Waals surface area contributed by atoms with Crippen LogP contribution in [0.2, 0.25) is 0 Å². The van der Waals surface area contributed by atoms with Crippen LogP contribution in [0.1, 0.15) is 24.4 Å². The number of amidine groups is 1. The van der Waals surface area contributed by atoms with E-state index in [4.69, 9.17) is 0 Å². The topological polar surface area (TPSA) is 36.8 Å². The molecule has 2 aliphatic rings. The predicted octanol–water partition coefficient (Wildman–Crippen LogP) is 3.21. The fraction of sp³-hybridized carbons (Fsp3) is 0.375. The molecule has 2 aliphatic heterocycles. The molecule has 1 atom stereocenters. The molecule has 0 spiro atoms. The molecule has 0 fully saturated rings. The molecule has 1 aromatic carbocycles.